The van der Waals surface area contributed by atoms with E-state index < -0.39 is 17.7 Å². The predicted octanol–water partition coefficient (Wildman–Crippen LogP) is 3.38. The normalized spacial score (nSPS) is 24.7. The molecule has 7 rings (SSSR count). The zero-order valence-corrected chi connectivity index (χ0v) is 16.4. The molecule has 2 aromatic heterocycles. The third kappa shape index (κ3) is 2.95. The van der Waals surface area contributed by atoms with Crippen molar-refractivity contribution in [2.45, 2.75) is 43.3 Å². The minimum absolute atomic E-state index is 0.0460. The number of nitrogens with zero attached hydrogens (tertiary/aromatic N) is 3. The van der Waals surface area contributed by atoms with Crippen molar-refractivity contribution in [2.75, 3.05) is 18.0 Å². The number of aromatic nitrogens is 2. The number of hydrogen-bond acceptors (Lipinski definition) is 8. The number of nitrogens with one attached hydrogen (secondary N) is 1. The minimum Gasteiger partial charge on any atom is -0.423 e. The highest BCUT2D eigenvalue weighted by atomic mass is 32.1. The summed E-state index contributed by atoms with van der Waals surface area (Å²) in [7, 11) is 0. The second kappa shape index (κ2) is 6.08. The van der Waals surface area contributed by atoms with E-state index in [4.69, 9.17) is 4.42 Å². The number of alkyl halides is 3. The largest absolute Gasteiger partial charge is 0.573 e. The van der Waals surface area contributed by atoms with Crippen molar-refractivity contribution >= 4 is 28.5 Å². The molecular weight excluding hydrogens is 421 g/mol. The second-order valence-electron chi connectivity index (χ2n) is 8.13. The lowest BCUT2D eigenvalue weighted by Gasteiger charge is -2.47. The molecule has 2 bridgehead atoms. The van der Waals surface area contributed by atoms with Gasteiger partial charge in [0.2, 0.25) is 0 Å². The fourth-order valence-corrected chi connectivity index (χ4v) is 4.89. The molecule has 4 aliphatic rings. The lowest BCUT2D eigenvalue weighted by atomic mass is 9.92. The van der Waals surface area contributed by atoms with Gasteiger partial charge in [0, 0.05) is 41.7 Å². The van der Waals surface area contributed by atoms with Crippen LogP contribution in [0, 0.1) is 0 Å². The highest BCUT2D eigenvalue weighted by Crippen LogP contribution is 2.53. The van der Waals surface area contributed by atoms with Crippen LogP contribution >= 0.6 is 11.3 Å². The number of halogens is 3. The summed E-state index contributed by atoms with van der Waals surface area (Å²) < 4.78 is 50.2. The molecule has 2 unspecified atom stereocenters. The summed E-state index contributed by atoms with van der Waals surface area (Å²) in [5, 5.41) is 15.9. The van der Waals surface area contributed by atoms with Gasteiger partial charge in [-0.1, -0.05) is 0 Å². The SMILES string of the molecule is OC1(c2cc(-c3cscn3)c3oc(N4CC5CC(C4)N5)nc3c2OC(F)(F)F)CC1. The molecule has 30 heavy (non-hydrogen) atoms. The molecule has 2 atom stereocenters. The fourth-order valence-electron chi connectivity index (χ4n) is 4.34. The maximum atomic E-state index is 13.3. The van der Waals surface area contributed by atoms with Gasteiger partial charge in [-0.3, -0.25) is 0 Å². The van der Waals surface area contributed by atoms with Crippen LogP contribution in [0.1, 0.15) is 24.8 Å². The van der Waals surface area contributed by atoms with Gasteiger partial charge in [-0.2, -0.15) is 4.98 Å². The smallest absolute Gasteiger partial charge is 0.423 e. The van der Waals surface area contributed by atoms with Crippen LogP contribution in [0.3, 0.4) is 0 Å². The summed E-state index contributed by atoms with van der Waals surface area (Å²) in [6.45, 7) is 1.34. The van der Waals surface area contributed by atoms with Gasteiger partial charge in [0.05, 0.1) is 16.8 Å². The van der Waals surface area contributed by atoms with Gasteiger partial charge in [0.1, 0.15) is 0 Å². The van der Waals surface area contributed by atoms with Crippen molar-refractivity contribution < 1.29 is 27.4 Å². The van der Waals surface area contributed by atoms with Crippen LogP contribution < -0.4 is 15.0 Å². The van der Waals surface area contributed by atoms with Crippen LogP contribution in [0.2, 0.25) is 0 Å². The van der Waals surface area contributed by atoms with E-state index >= 15 is 0 Å². The molecule has 4 fully saturated rings. The topological polar surface area (TPSA) is 83.7 Å². The van der Waals surface area contributed by atoms with E-state index in [1.54, 1.807) is 10.9 Å². The number of aliphatic hydroxyl groups is 1. The molecule has 1 aliphatic carbocycles. The Morgan fingerprint density at radius 3 is 2.63 bits per heavy atom. The number of oxazole rings is 1. The summed E-state index contributed by atoms with van der Waals surface area (Å²) in [5.41, 5.74) is 1.52. The monoisotopic (exact) mass is 438 g/mol. The summed E-state index contributed by atoms with van der Waals surface area (Å²) in [5.74, 6) is -0.494. The second-order valence-corrected chi connectivity index (χ2v) is 8.85. The van der Waals surface area contributed by atoms with E-state index in [0.29, 0.717) is 49.3 Å². The predicted molar refractivity (Wildman–Crippen MR) is 102 cm³/mol. The number of piperazine rings is 1. The van der Waals surface area contributed by atoms with Gasteiger partial charge in [-0.25, -0.2) is 4.98 Å². The maximum Gasteiger partial charge on any atom is 0.573 e. The van der Waals surface area contributed by atoms with Gasteiger partial charge < -0.3 is 24.5 Å². The lowest BCUT2D eigenvalue weighted by Crippen LogP contribution is -2.67. The van der Waals surface area contributed by atoms with E-state index in [1.165, 1.54) is 17.4 Å². The molecule has 2 N–H and O–H groups in total. The molecular formula is C19H17F3N4O3S. The van der Waals surface area contributed by atoms with Crippen molar-refractivity contribution in [1.29, 1.82) is 0 Å². The minimum atomic E-state index is -4.93. The molecule has 3 saturated heterocycles. The number of fused-ring (bicyclic) bond motifs is 3. The van der Waals surface area contributed by atoms with Crippen LogP contribution in [0.25, 0.3) is 22.4 Å². The first-order valence-corrected chi connectivity index (χ1v) is 10.6. The number of thiazole rings is 1. The van der Waals surface area contributed by atoms with Crippen molar-refractivity contribution in [1.82, 2.24) is 15.3 Å². The van der Waals surface area contributed by atoms with E-state index in [0.717, 1.165) is 6.42 Å². The number of benzene rings is 1. The van der Waals surface area contributed by atoms with Crippen LogP contribution in [0.5, 0.6) is 5.75 Å². The zero-order valence-electron chi connectivity index (χ0n) is 15.6. The Labute approximate surface area is 172 Å². The Morgan fingerprint density at radius 1 is 1.30 bits per heavy atom. The van der Waals surface area contributed by atoms with Gasteiger partial charge >= 0.3 is 6.36 Å². The molecule has 1 aromatic carbocycles. The first-order chi connectivity index (χ1) is 14.3. The quantitative estimate of drug-likeness (QED) is 0.646. The Hall–Kier alpha value is -2.37. The van der Waals surface area contributed by atoms with Gasteiger partial charge in [-0.05, 0) is 25.3 Å². The molecule has 3 aromatic rings. The lowest BCUT2D eigenvalue weighted by molar-refractivity contribution is -0.274. The van der Waals surface area contributed by atoms with Crippen LogP contribution in [0.15, 0.2) is 21.4 Å². The highest BCUT2D eigenvalue weighted by Gasteiger charge is 2.48. The Kier molecular flexibility index (Phi) is 3.73. The van der Waals surface area contributed by atoms with Crippen molar-refractivity contribution in [3.63, 3.8) is 0 Å². The fraction of sp³-hybridized carbons (Fsp3) is 0.474. The summed E-state index contributed by atoms with van der Waals surface area (Å²) in [6, 6.07) is 2.40. The molecule has 0 spiro atoms. The Balaban J connectivity index is 1.57. The molecule has 158 valence electrons. The van der Waals surface area contributed by atoms with Gasteiger partial charge in [0.25, 0.3) is 6.01 Å². The molecule has 0 amide bonds. The molecule has 3 aliphatic heterocycles. The average molecular weight is 438 g/mol. The van der Waals surface area contributed by atoms with E-state index in [1.807, 2.05) is 4.90 Å². The molecule has 0 radical (unpaired) electrons. The summed E-state index contributed by atoms with van der Waals surface area (Å²) in [6.07, 6.45) is -3.14. The van der Waals surface area contributed by atoms with Gasteiger partial charge in [-0.15, -0.1) is 24.5 Å². The van der Waals surface area contributed by atoms with E-state index in [9.17, 15) is 18.3 Å². The summed E-state index contributed by atoms with van der Waals surface area (Å²) >= 11 is 1.36. The van der Waals surface area contributed by atoms with E-state index in [2.05, 4.69) is 20.0 Å². The van der Waals surface area contributed by atoms with Crippen LogP contribution in [-0.4, -0.2) is 46.6 Å². The summed E-state index contributed by atoms with van der Waals surface area (Å²) in [4.78, 5) is 10.6. The third-order valence-corrected chi connectivity index (χ3v) is 6.54. The average Bonchev–Trinajstić information content (AvgIpc) is 3.11. The first kappa shape index (κ1) is 18.4. The number of anilines is 1. The number of piperidine rings is 1. The van der Waals surface area contributed by atoms with Crippen molar-refractivity contribution in [3.8, 4) is 17.0 Å². The highest BCUT2D eigenvalue weighted by molar-refractivity contribution is 7.07. The van der Waals surface area contributed by atoms with Crippen LogP contribution in [-0.2, 0) is 5.60 Å². The van der Waals surface area contributed by atoms with E-state index in [-0.39, 0.29) is 22.7 Å². The number of ether oxygens (including phenoxy) is 1. The number of hydrogen-bond donors (Lipinski definition) is 2. The zero-order chi connectivity index (χ0) is 20.7. The van der Waals surface area contributed by atoms with Crippen LogP contribution in [0.4, 0.5) is 19.2 Å². The molecule has 11 heteroatoms. The maximum absolute atomic E-state index is 13.3. The van der Waals surface area contributed by atoms with Gasteiger partial charge in [0.15, 0.2) is 16.8 Å². The Bertz CT molecular complexity index is 1110. The molecule has 7 nitrogen and oxygen atoms in total. The molecule has 5 heterocycles. The van der Waals surface area contributed by atoms with Crippen molar-refractivity contribution in [2.24, 2.45) is 0 Å². The third-order valence-electron chi connectivity index (χ3n) is 5.95. The number of rotatable bonds is 4. The standard InChI is InChI=1S/C19H17F3N4O3S/c20-19(21,22)29-16-12(18(27)1-2-18)4-11(13-7-30-8-23-13)15-14(16)25-17(28-15)26-5-9-3-10(6-26)24-9/h4,7-10,24,27H,1-3,5-6H2. The van der Waals surface area contributed by atoms with Crippen molar-refractivity contribution in [3.05, 3.63) is 22.5 Å². The Morgan fingerprint density at radius 2 is 2.03 bits per heavy atom. The molecule has 1 saturated carbocycles. The first-order valence-electron chi connectivity index (χ1n) is 9.65.